The lowest BCUT2D eigenvalue weighted by Crippen LogP contribution is -2.32. The molecule has 3 aromatic heterocycles. The van der Waals surface area contributed by atoms with E-state index in [4.69, 9.17) is 11.2 Å². The number of thiazole rings is 2. The first kappa shape index (κ1) is 31.1. The monoisotopic (exact) mass is 671 g/mol. The predicted octanol–water partition coefficient (Wildman–Crippen LogP) is 7.32. The number of aromatic carboxylic acids is 1. The third-order valence-electron chi connectivity index (χ3n) is 8.12. The zero-order valence-corrected chi connectivity index (χ0v) is 27.3. The summed E-state index contributed by atoms with van der Waals surface area (Å²) >= 11 is 2.82. The summed E-state index contributed by atoms with van der Waals surface area (Å²) in [5.41, 5.74) is 5.92. The number of nitrogens with one attached hydrogen (secondary N) is 1. The molecule has 4 heterocycles. The van der Waals surface area contributed by atoms with Crippen LogP contribution in [-0.2, 0) is 19.4 Å². The Morgan fingerprint density at radius 3 is 2.67 bits per heavy atom. The lowest BCUT2D eigenvalue weighted by atomic mass is 9.94. The molecule has 2 N–H and O–H groups in total. The first-order chi connectivity index (χ1) is 23.5. The van der Waals surface area contributed by atoms with Gasteiger partial charge in [0.2, 0.25) is 0 Å². The highest BCUT2D eigenvalue weighted by atomic mass is 32.1. The highest BCUT2D eigenvalue weighted by Gasteiger charge is 2.26. The van der Waals surface area contributed by atoms with E-state index in [0.29, 0.717) is 71.1 Å². The number of pyridine rings is 1. The Bertz CT molecular complexity index is 2150. The van der Waals surface area contributed by atoms with Crippen molar-refractivity contribution in [3.8, 4) is 29.2 Å². The number of carboxylic acid groups (broad SMARTS) is 1. The summed E-state index contributed by atoms with van der Waals surface area (Å²) in [4.78, 5) is 41.7. The highest BCUT2D eigenvalue weighted by molar-refractivity contribution is 7.22. The second kappa shape index (κ2) is 13.7. The van der Waals surface area contributed by atoms with Crippen LogP contribution < -0.4 is 15.0 Å². The molecule has 0 saturated carbocycles. The molecule has 7 rings (SSSR count). The van der Waals surface area contributed by atoms with Gasteiger partial charge in [-0.2, -0.15) is 0 Å². The number of aryl methyl sites for hydroxylation is 1. The van der Waals surface area contributed by atoms with Crippen LogP contribution in [0.4, 0.5) is 10.3 Å². The average molecular weight is 672 g/mol. The Labute approximate surface area is 284 Å². The second-order valence-corrected chi connectivity index (χ2v) is 13.2. The number of hydrogen-bond donors (Lipinski definition) is 2. The van der Waals surface area contributed by atoms with Crippen molar-refractivity contribution in [3.05, 3.63) is 118 Å². The standard InChI is InChI=1S/C37H29N5O4S2/c1-2-29-26(10-6-19-38-29)24-14-16-25(17-15-24)46-21-7-13-32-33(35(44)45)40-37(48-32)42-20-18-23-8-5-9-27(28(23)22-42)34(43)41-36-39-30-11-3-4-12-31(30)47-36/h1,3-6,8-12,14-17,19H,7,13,18,20-22H2,(H,44,45)(H,39,41,43). The van der Waals surface area contributed by atoms with Crippen molar-refractivity contribution in [1.29, 1.82) is 0 Å². The molecule has 0 fully saturated rings. The van der Waals surface area contributed by atoms with Crippen molar-refractivity contribution in [2.24, 2.45) is 0 Å². The number of nitrogens with zero attached hydrogens (tertiary/aromatic N) is 4. The maximum atomic E-state index is 13.4. The molecule has 0 saturated heterocycles. The summed E-state index contributed by atoms with van der Waals surface area (Å²) < 4.78 is 6.97. The van der Waals surface area contributed by atoms with Crippen molar-refractivity contribution >= 4 is 55.0 Å². The molecule has 1 amide bonds. The lowest BCUT2D eigenvalue weighted by Gasteiger charge is -2.29. The fourth-order valence-corrected chi connectivity index (χ4v) is 7.74. The Balaban J connectivity index is 1.00. The summed E-state index contributed by atoms with van der Waals surface area (Å²) in [6, 6.07) is 25.0. The van der Waals surface area contributed by atoms with Crippen LogP contribution in [0.2, 0.25) is 0 Å². The van der Waals surface area contributed by atoms with Crippen molar-refractivity contribution in [1.82, 2.24) is 15.0 Å². The smallest absolute Gasteiger partial charge is 0.355 e. The van der Waals surface area contributed by atoms with E-state index in [1.165, 1.54) is 22.7 Å². The molecule has 11 heteroatoms. The summed E-state index contributed by atoms with van der Waals surface area (Å²) in [7, 11) is 0. The minimum Gasteiger partial charge on any atom is -0.494 e. The molecule has 0 radical (unpaired) electrons. The van der Waals surface area contributed by atoms with Crippen molar-refractivity contribution < 1.29 is 19.4 Å². The first-order valence-electron chi connectivity index (χ1n) is 15.4. The van der Waals surface area contributed by atoms with Crippen molar-refractivity contribution in [2.45, 2.75) is 25.8 Å². The van der Waals surface area contributed by atoms with Crippen LogP contribution >= 0.6 is 22.7 Å². The zero-order chi connectivity index (χ0) is 33.0. The minimum atomic E-state index is -1.06. The van der Waals surface area contributed by atoms with Gasteiger partial charge in [-0.05, 0) is 78.3 Å². The maximum absolute atomic E-state index is 13.4. The Morgan fingerprint density at radius 2 is 1.85 bits per heavy atom. The number of ether oxygens (including phenoxy) is 1. The van der Waals surface area contributed by atoms with Crippen LogP contribution in [0.15, 0.2) is 85.1 Å². The predicted molar refractivity (Wildman–Crippen MR) is 189 cm³/mol. The third kappa shape index (κ3) is 6.49. The Kier molecular flexibility index (Phi) is 8.83. The molecule has 3 aromatic carbocycles. The van der Waals surface area contributed by atoms with Crippen molar-refractivity contribution in [3.63, 3.8) is 0 Å². The molecular formula is C37H29N5O4S2. The van der Waals surface area contributed by atoms with Gasteiger partial charge in [0, 0.05) is 35.3 Å². The maximum Gasteiger partial charge on any atom is 0.355 e. The number of carbonyl (C=O) groups is 2. The molecule has 0 aliphatic carbocycles. The normalized spacial score (nSPS) is 12.4. The van der Waals surface area contributed by atoms with E-state index in [0.717, 1.165) is 32.5 Å². The fraction of sp³-hybridized carbons (Fsp3) is 0.162. The number of terminal acetylenes is 1. The molecular weight excluding hydrogens is 643 g/mol. The van der Waals surface area contributed by atoms with Gasteiger partial charge in [0.1, 0.15) is 11.4 Å². The number of para-hydroxylation sites is 1. The Morgan fingerprint density at radius 1 is 1.00 bits per heavy atom. The number of aromatic nitrogens is 3. The largest absolute Gasteiger partial charge is 0.494 e. The number of rotatable bonds is 10. The van der Waals surface area contributed by atoms with Crippen LogP contribution in [0.25, 0.3) is 21.3 Å². The Hall–Kier alpha value is -5.57. The quantitative estimate of drug-likeness (QED) is 0.115. The van der Waals surface area contributed by atoms with Crippen LogP contribution in [0, 0.1) is 12.3 Å². The molecule has 9 nitrogen and oxygen atoms in total. The van der Waals surface area contributed by atoms with Crippen LogP contribution in [0.3, 0.4) is 0 Å². The number of anilines is 2. The SMILES string of the molecule is C#Cc1ncccc1-c1ccc(OCCCc2sc(N3CCc4cccc(C(=O)Nc5nc6ccccc6s5)c4C3)nc2C(=O)O)cc1. The fourth-order valence-electron chi connectivity index (χ4n) is 5.76. The van der Waals surface area contributed by atoms with Gasteiger partial charge in [0.05, 0.1) is 16.8 Å². The topological polar surface area (TPSA) is 118 Å². The molecule has 0 bridgehead atoms. The lowest BCUT2D eigenvalue weighted by molar-refractivity contribution is 0.0690. The number of fused-ring (bicyclic) bond motifs is 2. The molecule has 1 aliphatic heterocycles. The van der Waals surface area contributed by atoms with E-state index < -0.39 is 5.97 Å². The minimum absolute atomic E-state index is 0.0628. The number of carbonyl (C=O) groups excluding carboxylic acids is 1. The average Bonchev–Trinajstić information content (AvgIpc) is 3.74. The molecule has 0 atom stereocenters. The van der Waals surface area contributed by atoms with E-state index in [1.54, 1.807) is 6.20 Å². The number of carboxylic acids is 1. The van der Waals surface area contributed by atoms with Gasteiger partial charge in [-0.1, -0.05) is 53.8 Å². The first-order valence-corrected chi connectivity index (χ1v) is 17.0. The molecule has 0 unspecified atom stereocenters. The molecule has 238 valence electrons. The molecule has 0 spiro atoms. The van der Waals surface area contributed by atoms with Gasteiger partial charge in [-0.15, -0.1) is 17.8 Å². The number of benzene rings is 3. The van der Waals surface area contributed by atoms with Gasteiger partial charge < -0.3 is 14.7 Å². The van der Waals surface area contributed by atoms with Gasteiger partial charge in [0.25, 0.3) is 5.91 Å². The molecule has 1 aliphatic rings. The highest BCUT2D eigenvalue weighted by Crippen LogP contribution is 2.33. The molecule has 48 heavy (non-hydrogen) atoms. The zero-order valence-electron chi connectivity index (χ0n) is 25.7. The molecule has 6 aromatic rings. The van der Waals surface area contributed by atoms with E-state index in [1.807, 2.05) is 78.9 Å². The third-order valence-corrected chi connectivity index (χ3v) is 10.2. The van der Waals surface area contributed by atoms with E-state index in [2.05, 4.69) is 31.1 Å². The summed E-state index contributed by atoms with van der Waals surface area (Å²) in [6.07, 6.45) is 9.11. The van der Waals surface area contributed by atoms with E-state index in [9.17, 15) is 14.7 Å². The van der Waals surface area contributed by atoms with E-state index in [-0.39, 0.29) is 11.6 Å². The van der Waals surface area contributed by atoms with Crippen LogP contribution in [0.1, 0.15) is 49.0 Å². The van der Waals surface area contributed by atoms with Gasteiger partial charge >= 0.3 is 5.97 Å². The van der Waals surface area contributed by atoms with Crippen molar-refractivity contribution in [2.75, 3.05) is 23.4 Å². The van der Waals surface area contributed by atoms with Gasteiger partial charge in [0.15, 0.2) is 16.0 Å². The summed E-state index contributed by atoms with van der Waals surface area (Å²) in [5, 5.41) is 14.1. The number of hydrogen-bond acceptors (Lipinski definition) is 9. The summed E-state index contributed by atoms with van der Waals surface area (Å²) in [6.45, 7) is 1.53. The van der Waals surface area contributed by atoms with Crippen LogP contribution in [-0.4, -0.2) is 45.1 Å². The van der Waals surface area contributed by atoms with E-state index >= 15 is 0 Å². The number of amides is 1. The van der Waals surface area contributed by atoms with Crippen LogP contribution in [0.5, 0.6) is 5.75 Å². The van der Waals surface area contributed by atoms with Gasteiger partial charge in [-0.25, -0.2) is 19.7 Å². The second-order valence-electron chi connectivity index (χ2n) is 11.1. The summed E-state index contributed by atoms with van der Waals surface area (Å²) in [5.74, 6) is 2.05. The van der Waals surface area contributed by atoms with Gasteiger partial charge in [-0.3, -0.25) is 10.1 Å².